The quantitative estimate of drug-likeness (QED) is 0.0204. The van der Waals surface area contributed by atoms with Gasteiger partial charge in [-0.3, -0.25) is 4.79 Å². The molecular weight excluding hydrogens is 1090 g/mol. The zero-order valence-electron chi connectivity index (χ0n) is 53.3. The maximum atomic E-state index is 13.3. The molecule has 2 heterocycles. The number of carbonyl (C=O) groups is 1. The molecule has 2 saturated heterocycles. The molecular formula is C72H121NO13. The molecule has 14 heteroatoms. The second-order valence-electron chi connectivity index (χ2n) is 23.2. The Balaban J connectivity index is 1.71. The van der Waals surface area contributed by atoms with Crippen LogP contribution in [0.15, 0.2) is 122 Å². The van der Waals surface area contributed by atoms with Gasteiger partial charge in [0.05, 0.1) is 32.0 Å². The fourth-order valence-electron chi connectivity index (χ4n) is 10.3. The minimum atomic E-state index is -1.80. The van der Waals surface area contributed by atoms with Crippen molar-refractivity contribution in [2.75, 3.05) is 19.8 Å². The molecule has 0 spiro atoms. The summed E-state index contributed by atoms with van der Waals surface area (Å²) in [7, 11) is 0. The van der Waals surface area contributed by atoms with Crippen LogP contribution >= 0.6 is 0 Å². The van der Waals surface area contributed by atoms with Gasteiger partial charge in [0.15, 0.2) is 12.6 Å². The molecule has 2 aliphatic rings. The molecule has 12 atom stereocenters. The number of aliphatic hydroxyl groups is 8. The first-order valence-corrected chi connectivity index (χ1v) is 33.8. The van der Waals surface area contributed by atoms with Crippen molar-refractivity contribution in [1.82, 2.24) is 5.32 Å². The minimum absolute atomic E-state index is 0.251. The molecule has 2 rings (SSSR count). The number of ether oxygens (including phenoxy) is 4. The van der Waals surface area contributed by atoms with Crippen molar-refractivity contribution in [1.29, 1.82) is 0 Å². The summed E-state index contributed by atoms with van der Waals surface area (Å²) in [5.41, 5.74) is 0. The lowest BCUT2D eigenvalue weighted by molar-refractivity contribution is -0.359. The van der Waals surface area contributed by atoms with Crippen LogP contribution in [0.4, 0.5) is 0 Å². The fourth-order valence-corrected chi connectivity index (χ4v) is 10.3. The zero-order valence-corrected chi connectivity index (χ0v) is 53.3. The zero-order chi connectivity index (χ0) is 62.3. The van der Waals surface area contributed by atoms with Crippen molar-refractivity contribution >= 4 is 5.91 Å². The van der Waals surface area contributed by atoms with E-state index >= 15 is 0 Å². The molecule has 2 aliphatic heterocycles. The molecule has 86 heavy (non-hydrogen) atoms. The Bertz CT molecular complexity index is 1910. The summed E-state index contributed by atoms with van der Waals surface area (Å²) in [4.78, 5) is 13.3. The predicted octanol–water partition coefficient (Wildman–Crippen LogP) is 13.3. The molecule has 0 aromatic carbocycles. The van der Waals surface area contributed by atoms with Crippen LogP contribution < -0.4 is 5.32 Å². The van der Waals surface area contributed by atoms with Gasteiger partial charge in [0.25, 0.3) is 0 Å². The van der Waals surface area contributed by atoms with E-state index in [0.717, 1.165) is 109 Å². The lowest BCUT2D eigenvalue weighted by Gasteiger charge is -2.46. The predicted molar refractivity (Wildman–Crippen MR) is 350 cm³/mol. The molecule has 0 radical (unpaired) electrons. The molecule has 14 nitrogen and oxygen atoms in total. The largest absolute Gasteiger partial charge is 0.394 e. The molecule has 12 unspecified atom stereocenters. The Morgan fingerprint density at radius 2 is 0.802 bits per heavy atom. The van der Waals surface area contributed by atoms with Crippen LogP contribution in [-0.2, 0) is 23.7 Å². The summed E-state index contributed by atoms with van der Waals surface area (Å²) in [6, 6.07) is -0.935. The van der Waals surface area contributed by atoms with Crippen molar-refractivity contribution in [3.05, 3.63) is 122 Å². The second kappa shape index (κ2) is 55.5. The summed E-state index contributed by atoms with van der Waals surface area (Å²) >= 11 is 0. The smallest absolute Gasteiger partial charge is 0.220 e. The molecule has 9 N–H and O–H groups in total. The summed E-state index contributed by atoms with van der Waals surface area (Å²) in [5.74, 6) is -0.262. The van der Waals surface area contributed by atoms with E-state index in [0.29, 0.717) is 6.42 Å². The van der Waals surface area contributed by atoms with Crippen molar-refractivity contribution in [2.45, 2.75) is 306 Å². The number of rotatable bonds is 53. The van der Waals surface area contributed by atoms with Gasteiger partial charge in [-0.25, -0.2) is 0 Å². The van der Waals surface area contributed by atoms with Crippen LogP contribution in [0.3, 0.4) is 0 Å². The normalized spacial score (nSPS) is 24.2. The van der Waals surface area contributed by atoms with Gasteiger partial charge in [-0.2, -0.15) is 0 Å². The Morgan fingerprint density at radius 1 is 0.430 bits per heavy atom. The number of unbranched alkanes of at least 4 members (excludes halogenated alkanes) is 22. The standard InChI is InChI=1S/C72H121NO13/c1-3-5-7-9-11-13-15-17-19-21-23-24-25-26-27-28-29-30-31-32-33-34-35-36-38-40-42-44-46-48-50-52-54-56-64(77)73-60(61(76)55-53-51-49-47-45-43-41-39-37-22-20-18-16-14-12-10-8-6-4-2)59-83-71-69(82)67(80)70(63(58-75)85-71)86-72-68(81)66(79)65(78)62(57-74)84-72/h5,7,11,13,17,19,23-24,26-27,29-30,32-33,35-36,40,42,53,55,60-63,65-72,74-76,78-82H,3-4,6,8-10,12,14-16,18,20-22,25,28,31,34,37-39,41,43-52,54,56-59H2,1-2H3,(H,73,77)/b7-5-,13-11-,19-17-,24-23-,27-26-,30-29-,33-32-,36-35-,42-40-,55-53+. The van der Waals surface area contributed by atoms with E-state index in [-0.39, 0.29) is 18.9 Å². The van der Waals surface area contributed by atoms with Crippen LogP contribution in [0.5, 0.6) is 0 Å². The molecule has 0 aliphatic carbocycles. The molecule has 492 valence electrons. The maximum absolute atomic E-state index is 13.3. The number of nitrogens with one attached hydrogen (secondary N) is 1. The van der Waals surface area contributed by atoms with Gasteiger partial charge in [-0.05, 0) is 89.9 Å². The summed E-state index contributed by atoms with van der Waals surface area (Å²) in [6.07, 6.45) is 63.7. The number of allylic oxidation sites excluding steroid dienone is 19. The third-order valence-electron chi connectivity index (χ3n) is 15.7. The Hall–Kier alpha value is -3.61. The van der Waals surface area contributed by atoms with Gasteiger partial charge in [0.1, 0.15) is 48.8 Å². The van der Waals surface area contributed by atoms with E-state index < -0.39 is 86.8 Å². The SMILES string of the molecule is CC/C=C\C/C=C\C/C=C\C/C=C\C/C=C\C/C=C\C/C=C\C/C=C\C/C=C\CCCCCCCC(=O)NC(COC1OC(CO)C(OC2OC(CO)C(O)C(O)C2O)C(O)C1O)C(O)/C=C/CCCCCCCCCCCCCCCCCCC. The highest BCUT2D eigenvalue weighted by molar-refractivity contribution is 5.76. The van der Waals surface area contributed by atoms with Crippen molar-refractivity contribution in [3.8, 4) is 0 Å². The Kier molecular flexibility index (Phi) is 50.6. The average molecular weight is 1210 g/mol. The third-order valence-corrected chi connectivity index (χ3v) is 15.7. The van der Waals surface area contributed by atoms with Crippen LogP contribution in [-0.4, -0.2) is 140 Å². The van der Waals surface area contributed by atoms with Crippen molar-refractivity contribution in [2.24, 2.45) is 0 Å². The minimum Gasteiger partial charge on any atom is -0.394 e. The molecule has 0 aromatic heterocycles. The number of amides is 1. The first-order chi connectivity index (χ1) is 42.1. The summed E-state index contributed by atoms with van der Waals surface area (Å²) in [6.45, 7) is 2.67. The van der Waals surface area contributed by atoms with Gasteiger partial charge in [-0.1, -0.05) is 257 Å². The van der Waals surface area contributed by atoms with Crippen LogP contribution in [0.2, 0.25) is 0 Å². The van der Waals surface area contributed by atoms with E-state index in [1.165, 1.54) is 96.3 Å². The maximum Gasteiger partial charge on any atom is 0.220 e. The second-order valence-corrected chi connectivity index (χ2v) is 23.2. The van der Waals surface area contributed by atoms with Gasteiger partial charge < -0.3 is 65.1 Å². The highest BCUT2D eigenvalue weighted by atomic mass is 16.7. The van der Waals surface area contributed by atoms with Crippen LogP contribution in [0.25, 0.3) is 0 Å². The number of hydrogen-bond acceptors (Lipinski definition) is 13. The fraction of sp³-hybridized carbons (Fsp3) is 0.708. The highest BCUT2D eigenvalue weighted by Gasteiger charge is 2.51. The van der Waals surface area contributed by atoms with Gasteiger partial charge in [-0.15, -0.1) is 0 Å². The highest BCUT2D eigenvalue weighted by Crippen LogP contribution is 2.30. The topological polar surface area (TPSA) is 228 Å². The summed E-state index contributed by atoms with van der Waals surface area (Å²) in [5, 5.41) is 87.3. The molecule has 0 bridgehead atoms. The van der Waals surface area contributed by atoms with E-state index in [9.17, 15) is 45.6 Å². The monoisotopic (exact) mass is 1210 g/mol. The van der Waals surface area contributed by atoms with E-state index in [4.69, 9.17) is 18.9 Å². The Morgan fingerprint density at radius 3 is 1.23 bits per heavy atom. The Labute approximate surface area is 520 Å². The first kappa shape index (κ1) is 78.5. The number of aliphatic hydroxyl groups excluding tert-OH is 8. The summed E-state index contributed by atoms with van der Waals surface area (Å²) < 4.78 is 22.8. The third kappa shape index (κ3) is 39.4. The van der Waals surface area contributed by atoms with Crippen molar-refractivity contribution < 1.29 is 64.6 Å². The van der Waals surface area contributed by atoms with Gasteiger partial charge in [0, 0.05) is 6.42 Å². The van der Waals surface area contributed by atoms with Crippen molar-refractivity contribution in [3.63, 3.8) is 0 Å². The van der Waals surface area contributed by atoms with E-state index in [1.54, 1.807) is 6.08 Å². The lowest BCUT2D eigenvalue weighted by Crippen LogP contribution is -2.65. The van der Waals surface area contributed by atoms with Gasteiger partial charge in [0.2, 0.25) is 5.91 Å². The first-order valence-electron chi connectivity index (χ1n) is 33.8. The molecule has 0 aromatic rings. The molecule has 1 amide bonds. The molecule has 2 fully saturated rings. The van der Waals surface area contributed by atoms with Gasteiger partial charge >= 0.3 is 0 Å². The van der Waals surface area contributed by atoms with E-state index in [2.05, 4.69) is 129 Å². The van der Waals surface area contributed by atoms with Crippen LogP contribution in [0, 0.1) is 0 Å². The number of carbonyl (C=O) groups excluding carboxylic acids is 1. The number of hydrogen-bond donors (Lipinski definition) is 9. The molecule has 0 saturated carbocycles. The average Bonchev–Trinajstić information content (AvgIpc) is 2.63. The lowest BCUT2D eigenvalue weighted by atomic mass is 9.97. The van der Waals surface area contributed by atoms with E-state index in [1.807, 2.05) is 6.08 Å². The van der Waals surface area contributed by atoms with Crippen LogP contribution in [0.1, 0.15) is 232 Å².